The van der Waals surface area contributed by atoms with Gasteiger partial charge in [0.25, 0.3) is 5.56 Å². The Hall–Kier alpha value is -1.91. The second kappa shape index (κ2) is 2.30. The maximum Gasteiger partial charge on any atom is 0.284 e. The molecule has 1 N–H and O–H groups in total. The molecule has 2 rings (SSSR count). The van der Waals surface area contributed by atoms with E-state index >= 15 is 0 Å². The van der Waals surface area contributed by atoms with E-state index in [0.717, 1.165) is 4.52 Å². The summed E-state index contributed by atoms with van der Waals surface area (Å²) in [6.45, 7) is 0. The average molecular weight is 163 g/mol. The highest BCUT2D eigenvalue weighted by Crippen LogP contribution is 1.92. The van der Waals surface area contributed by atoms with E-state index < -0.39 is 5.56 Å². The lowest BCUT2D eigenvalue weighted by Gasteiger charge is -1.92. The largest absolute Gasteiger partial charge is 0.346 e. The summed E-state index contributed by atoms with van der Waals surface area (Å²) in [6.07, 6.45) is 3.36. The molecule has 0 saturated carbocycles. The zero-order valence-electron chi connectivity index (χ0n) is 6.02. The number of aldehydes is 1. The van der Waals surface area contributed by atoms with Gasteiger partial charge in [0.05, 0.1) is 11.8 Å². The lowest BCUT2D eigenvalue weighted by Crippen LogP contribution is -2.18. The molecule has 0 spiro atoms. The predicted octanol–water partition coefficient (Wildman–Crippen LogP) is -0.165. The molecule has 0 fully saturated rings. The molecule has 5 nitrogen and oxygen atoms in total. The lowest BCUT2D eigenvalue weighted by molar-refractivity contribution is 0.112. The fourth-order valence-electron chi connectivity index (χ4n) is 0.995. The standard InChI is InChI=1S/C7H5N3O2/c11-4-5-3-8-6-1-2-9-10(6)7(5)12/h1-4,8H. The number of carbonyl (C=O) groups excluding carboxylic acids is 1. The molecule has 12 heavy (non-hydrogen) atoms. The van der Waals surface area contributed by atoms with Gasteiger partial charge in [-0.05, 0) is 0 Å². The number of rotatable bonds is 1. The summed E-state index contributed by atoms with van der Waals surface area (Å²) in [5.41, 5.74) is 0.251. The summed E-state index contributed by atoms with van der Waals surface area (Å²) in [5.74, 6) is 0. The summed E-state index contributed by atoms with van der Waals surface area (Å²) in [7, 11) is 0. The van der Waals surface area contributed by atoms with Crippen LogP contribution in [0.25, 0.3) is 5.65 Å². The van der Waals surface area contributed by atoms with E-state index in [2.05, 4.69) is 10.1 Å². The first-order valence-corrected chi connectivity index (χ1v) is 3.33. The first kappa shape index (κ1) is 6.78. The van der Waals surface area contributed by atoms with Crippen molar-refractivity contribution in [2.24, 2.45) is 0 Å². The second-order valence-corrected chi connectivity index (χ2v) is 2.30. The van der Waals surface area contributed by atoms with Gasteiger partial charge in [-0.2, -0.15) is 9.61 Å². The van der Waals surface area contributed by atoms with Crippen LogP contribution in [0.4, 0.5) is 0 Å². The monoisotopic (exact) mass is 163 g/mol. The summed E-state index contributed by atoms with van der Waals surface area (Å²) < 4.78 is 1.14. The van der Waals surface area contributed by atoms with Crippen molar-refractivity contribution in [3.63, 3.8) is 0 Å². The minimum absolute atomic E-state index is 0.0752. The van der Waals surface area contributed by atoms with Crippen LogP contribution in [0.5, 0.6) is 0 Å². The Balaban J connectivity index is 2.96. The Morgan fingerprint density at radius 2 is 2.42 bits per heavy atom. The molecule has 60 valence electrons. The molecule has 0 aromatic carbocycles. The molecule has 0 aliphatic carbocycles. The van der Waals surface area contributed by atoms with Crippen LogP contribution < -0.4 is 5.56 Å². The SMILES string of the molecule is O=Cc1c[nH]c2ccnn2c1=O. The normalized spacial score (nSPS) is 10.3. The number of hydrogen-bond acceptors (Lipinski definition) is 3. The number of carbonyl (C=O) groups is 1. The Bertz CT molecular complexity index is 483. The van der Waals surface area contributed by atoms with Crippen LogP contribution >= 0.6 is 0 Å². The fraction of sp³-hybridized carbons (Fsp3) is 0. The second-order valence-electron chi connectivity index (χ2n) is 2.30. The van der Waals surface area contributed by atoms with Crippen molar-refractivity contribution >= 4 is 11.9 Å². The van der Waals surface area contributed by atoms with E-state index in [1.165, 1.54) is 12.4 Å². The van der Waals surface area contributed by atoms with Gasteiger partial charge in [0.1, 0.15) is 5.65 Å². The number of nitrogens with zero attached hydrogens (tertiary/aromatic N) is 2. The van der Waals surface area contributed by atoms with Gasteiger partial charge in [-0.1, -0.05) is 0 Å². The molecule has 2 aromatic heterocycles. The van der Waals surface area contributed by atoms with E-state index in [0.29, 0.717) is 11.9 Å². The smallest absolute Gasteiger partial charge is 0.284 e. The van der Waals surface area contributed by atoms with Gasteiger partial charge in [-0.15, -0.1) is 0 Å². The van der Waals surface area contributed by atoms with Crippen molar-refractivity contribution in [2.75, 3.05) is 0 Å². The maximum atomic E-state index is 11.3. The minimum Gasteiger partial charge on any atom is -0.346 e. The molecule has 0 unspecified atom stereocenters. The van der Waals surface area contributed by atoms with Gasteiger partial charge in [-0.25, -0.2) is 0 Å². The molecule has 0 saturated heterocycles. The first-order valence-electron chi connectivity index (χ1n) is 3.33. The molecular weight excluding hydrogens is 158 g/mol. The lowest BCUT2D eigenvalue weighted by atomic mass is 10.4. The van der Waals surface area contributed by atoms with Crippen molar-refractivity contribution < 1.29 is 4.79 Å². The maximum absolute atomic E-state index is 11.3. The fourth-order valence-corrected chi connectivity index (χ4v) is 0.995. The van der Waals surface area contributed by atoms with E-state index in [1.807, 2.05) is 0 Å². The molecule has 0 radical (unpaired) electrons. The van der Waals surface area contributed by atoms with Crippen LogP contribution in [0.2, 0.25) is 0 Å². The number of hydrogen-bond donors (Lipinski definition) is 1. The number of aromatic nitrogens is 3. The van der Waals surface area contributed by atoms with Crippen molar-refractivity contribution in [1.82, 2.24) is 14.6 Å². The van der Waals surface area contributed by atoms with E-state index in [-0.39, 0.29) is 5.56 Å². The molecule has 2 heterocycles. The number of H-pyrrole nitrogens is 1. The molecule has 5 heteroatoms. The third-order valence-electron chi connectivity index (χ3n) is 1.58. The summed E-state index contributed by atoms with van der Waals surface area (Å²) in [5, 5.41) is 3.74. The number of fused-ring (bicyclic) bond motifs is 1. The van der Waals surface area contributed by atoms with Crippen LogP contribution in [-0.4, -0.2) is 20.9 Å². The van der Waals surface area contributed by atoms with Crippen LogP contribution in [0.15, 0.2) is 23.3 Å². The van der Waals surface area contributed by atoms with Crippen molar-refractivity contribution in [2.45, 2.75) is 0 Å². The van der Waals surface area contributed by atoms with Gasteiger partial charge in [0.2, 0.25) is 0 Å². The van der Waals surface area contributed by atoms with Gasteiger partial charge >= 0.3 is 0 Å². The van der Waals surface area contributed by atoms with Gasteiger partial charge in [0.15, 0.2) is 6.29 Å². The third-order valence-corrected chi connectivity index (χ3v) is 1.58. The molecule has 0 aliphatic heterocycles. The summed E-state index contributed by atoms with van der Waals surface area (Å²) in [6, 6.07) is 1.65. The molecular formula is C7H5N3O2. The summed E-state index contributed by atoms with van der Waals surface area (Å²) in [4.78, 5) is 24.4. The van der Waals surface area contributed by atoms with E-state index in [4.69, 9.17) is 0 Å². The zero-order chi connectivity index (χ0) is 8.55. The number of aromatic amines is 1. The van der Waals surface area contributed by atoms with Gasteiger partial charge in [-0.3, -0.25) is 9.59 Å². The van der Waals surface area contributed by atoms with Crippen LogP contribution in [-0.2, 0) is 0 Å². The summed E-state index contributed by atoms with van der Waals surface area (Å²) >= 11 is 0. The highest BCUT2D eigenvalue weighted by molar-refractivity contribution is 5.73. The van der Waals surface area contributed by atoms with Crippen LogP contribution in [0, 0.1) is 0 Å². The van der Waals surface area contributed by atoms with Crippen molar-refractivity contribution in [3.05, 3.63) is 34.4 Å². The third kappa shape index (κ3) is 0.763. The van der Waals surface area contributed by atoms with Gasteiger partial charge in [0, 0.05) is 12.3 Å². The Labute approximate surface area is 66.6 Å². The number of nitrogens with one attached hydrogen (secondary N) is 1. The first-order chi connectivity index (χ1) is 5.83. The van der Waals surface area contributed by atoms with Crippen molar-refractivity contribution in [3.8, 4) is 0 Å². The van der Waals surface area contributed by atoms with E-state index in [1.54, 1.807) is 6.07 Å². The quantitative estimate of drug-likeness (QED) is 0.594. The zero-order valence-corrected chi connectivity index (χ0v) is 6.02. The average Bonchev–Trinajstić information content (AvgIpc) is 2.53. The topological polar surface area (TPSA) is 67.2 Å². The molecule has 0 amide bonds. The Kier molecular flexibility index (Phi) is 1.30. The molecule has 0 aliphatic rings. The molecule has 0 bridgehead atoms. The highest BCUT2D eigenvalue weighted by atomic mass is 16.1. The van der Waals surface area contributed by atoms with Crippen LogP contribution in [0.1, 0.15) is 10.4 Å². The Morgan fingerprint density at radius 1 is 1.58 bits per heavy atom. The van der Waals surface area contributed by atoms with Crippen LogP contribution in [0.3, 0.4) is 0 Å². The minimum atomic E-state index is -0.399. The van der Waals surface area contributed by atoms with E-state index in [9.17, 15) is 9.59 Å². The van der Waals surface area contributed by atoms with Gasteiger partial charge < -0.3 is 4.98 Å². The highest BCUT2D eigenvalue weighted by Gasteiger charge is 2.02. The molecule has 0 atom stereocenters. The van der Waals surface area contributed by atoms with Crippen molar-refractivity contribution in [1.29, 1.82) is 0 Å². The predicted molar refractivity (Wildman–Crippen MR) is 41.2 cm³/mol. The Morgan fingerprint density at radius 3 is 3.17 bits per heavy atom. The molecule has 2 aromatic rings.